The van der Waals surface area contributed by atoms with Gasteiger partial charge in [0.05, 0.1) is 32.4 Å². The molecule has 0 saturated carbocycles. The lowest BCUT2D eigenvalue weighted by atomic mass is 10.0. The van der Waals surface area contributed by atoms with Gasteiger partial charge in [0.15, 0.2) is 0 Å². The molecule has 0 spiro atoms. The molecule has 0 unspecified atom stereocenters. The Morgan fingerprint density at radius 2 is 1.47 bits per heavy atom. The van der Waals surface area contributed by atoms with Gasteiger partial charge in [-0.05, 0) is 61.4 Å². The predicted octanol–water partition coefficient (Wildman–Crippen LogP) is 2.23. The molecule has 3 amide bonds. The molecule has 1 atom stereocenters. The van der Waals surface area contributed by atoms with Gasteiger partial charge >= 0.3 is 0 Å². The van der Waals surface area contributed by atoms with E-state index in [9.17, 15) is 14.4 Å². The van der Waals surface area contributed by atoms with Crippen molar-refractivity contribution in [2.24, 2.45) is 0 Å². The summed E-state index contributed by atoms with van der Waals surface area (Å²) in [7, 11) is 3.16. The lowest BCUT2D eigenvalue weighted by Crippen LogP contribution is -2.49. The van der Waals surface area contributed by atoms with E-state index in [0.29, 0.717) is 35.8 Å². The monoisotopic (exact) mass is 437 g/mol. The van der Waals surface area contributed by atoms with E-state index in [1.165, 1.54) is 4.90 Å². The molecule has 8 nitrogen and oxygen atoms in total. The number of hydrogen-bond acceptors (Lipinski definition) is 6. The van der Waals surface area contributed by atoms with E-state index in [4.69, 9.17) is 9.47 Å². The molecule has 0 radical (unpaired) electrons. The first-order valence-corrected chi connectivity index (χ1v) is 10.7. The number of methoxy groups -OCH3 is 2. The molecule has 2 heterocycles. The van der Waals surface area contributed by atoms with Gasteiger partial charge in [-0.3, -0.25) is 14.4 Å². The number of nitrogens with one attached hydrogen (secondary N) is 1. The summed E-state index contributed by atoms with van der Waals surface area (Å²) in [5, 5.41) is 3.34. The lowest BCUT2D eigenvalue weighted by molar-refractivity contribution is -0.121. The maximum absolute atomic E-state index is 12.9. The Hall–Kier alpha value is -3.39. The van der Waals surface area contributed by atoms with E-state index >= 15 is 0 Å². The Kier molecular flexibility index (Phi) is 6.41. The van der Waals surface area contributed by atoms with Crippen LogP contribution in [-0.2, 0) is 9.59 Å². The Labute approximate surface area is 187 Å². The summed E-state index contributed by atoms with van der Waals surface area (Å²) in [6, 6.07) is 13.5. The number of imide groups is 1. The zero-order chi connectivity index (χ0) is 22.7. The first kappa shape index (κ1) is 21.8. The second-order valence-corrected chi connectivity index (χ2v) is 7.98. The SMILES string of the molecule is COc1ccc(C(=O)N2CCC(N[C@H]3CC(=O)N(c4ccc(OC)cc4)C3=O)CC2)cc1. The van der Waals surface area contributed by atoms with Gasteiger partial charge in [0, 0.05) is 24.7 Å². The molecule has 2 aromatic carbocycles. The Morgan fingerprint density at radius 3 is 2.03 bits per heavy atom. The number of nitrogens with zero attached hydrogens (tertiary/aromatic N) is 2. The maximum atomic E-state index is 12.9. The van der Waals surface area contributed by atoms with Crippen molar-refractivity contribution in [1.29, 1.82) is 0 Å². The second kappa shape index (κ2) is 9.40. The number of ether oxygens (including phenoxy) is 2. The van der Waals surface area contributed by atoms with Gasteiger partial charge < -0.3 is 19.7 Å². The Balaban J connectivity index is 1.32. The van der Waals surface area contributed by atoms with Crippen LogP contribution in [0.1, 0.15) is 29.6 Å². The topological polar surface area (TPSA) is 88.2 Å². The van der Waals surface area contributed by atoms with Crippen LogP contribution in [0.25, 0.3) is 0 Å². The Morgan fingerprint density at radius 1 is 0.906 bits per heavy atom. The molecule has 2 aliphatic heterocycles. The van der Waals surface area contributed by atoms with Crippen molar-refractivity contribution in [1.82, 2.24) is 10.2 Å². The largest absolute Gasteiger partial charge is 0.497 e. The number of benzene rings is 2. The van der Waals surface area contributed by atoms with Crippen molar-refractivity contribution in [2.75, 3.05) is 32.2 Å². The zero-order valence-electron chi connectivity index (χ0n) is 18.2. The van der Waals surface area contributed by atoms with Crippen LogP contribution >= 0.6 is 0 Å². The minimum Gasteiger partial charge on any atom is -0.497 e. The molecular weight excluding hydrogens is 410 g/mol. The molecule has 4 rings (SSSR count). The van der Waals surface area contributed by atoms with Gasteiger partial charge in [0.1, 0.15) is 11.5 Å². The zero-order valence-corrected chi connectivity index (χ0v) is 18.2. The molecule has 0 aromatic heterocycles. The quantitative estimate of drug-likeness (QED) is 0.698. The highest BCUT2D eigenvalue weighted by Crippen LogP contribution is 2.26. The fraction of sp³-hybridized carbons (Fsp3) is 0.375. The van der Waals surface area contributed by atoms with Crippen molar-refractivity contribution in [3.63, 3.8) is 0 Å². The number of likely N-dealkylation sites (tertiary alicyclic amines) is 1. The van der Waals surface area contributed by atoms with E-state index in [-0.39, 0.29) is 30.2 Å². The third-order valence-corrected chi connectivity index (χ3v) is 6.03. The Bertz CT molecular complexity index is 982. The van der Waals surface area contributed by atoms with Crippen LogP contribution in [0, 0.1) is 0 Å². The van der Waals surface area contributed by atoms with Crippen molar-refractivity contribution < 1.29 is 23.9 Å². The van der Waals surface area contributed by atoms with Crippen LogP contribution in [0.5, 0.6) is 11.5 Å². The van der Waals surface area contributed by atoms with Gasteiger partial charge in [0.2, 0.25) is 5.91 Å². The standard InChI is InChI=1S/C24H27N3O5/c1-31-19-7-3-16(4-8-19)23(29)26-13-11-17(12-14-26)25-21-15-22(28)27(24(21)30)18-5-9-20(32-2)10-6-18/h3-10,17,21,25H,11-15H2,1-2H3/t21-/m0/s1. The third kappa shape index (κ3) is 4.45. The highest BCUT2D eigenvalue weighted by Gasteiger charge is 2.40. The molecule has 32 heavy (non-hydrogen) atoms. The first-order valence-electron chi connectivity index (χ1n) is 10.7. The van der Waals surface area contributed by atoms with Gasteiger partial charge in [-0.2, -0.15) is 0 Å². The number of carbonyl (C=O) groups excluding carboxylic acids is 3. The molecular formula is C24H27N3O5. The van der Waals surface area contributed by atoms with Crippen molar-refractivity contribution in [3.05, 3.63) is 54.1 Å². The molecule has 8 heteroatoms. The molecule has 2 aromatic rings. The number of hydrogen-bond donors (Lipinski definition) is 1. The van der Waals surface area contributed by atoms with Crippen molar-refractivity contribution >= 4 is 23.4 Å². The summed E-state index contributed by atoms with van der Waals surface area (Å²) in [6.45, 7) is 1.19. The van der Waals surface area contributed by atoms with Crippen molar-refractivity contribution in [2.45, 2.75) is 31.3 Å². The minimum absolute atomic E-state index is 0.0103. The summed E-state index contributed by atoms with van der Waals surface area (Å²) in [6.07, 6.45) is 1.58. The first-order chi connectivity index (χ1) is 15.5. The average Bonchev–Trinajstić information content (AvgIpc) is 3.11. The second-order valence-electron chi connectivity index (χ2n) is 7.98. The smallest absolute Gasteiger partial charge is 0.253 e. The number of anilines is 1. The number of piperidine rings is 1. The highest BCUT2D eigenvalue weighted by molar-refractivity contribution is 6.22. The van der Waals surface area contributed by atoms with Gasteiger partial charge in [-0.15, -0.1) is 0 Å². The summed E-state index contributed by atoms with van der Waals surface area (Å²) < 4.78 is 10.3. The molecule has 2 saturated heterocycles. The lowest BCUT2D eigenvalue weighted by Gasteiger charge is -2.33. The van der Waals surface area contributed by atoms with Crippen LogP contribution in [0.2, 0.25) is 0 Å². The van der Waals surface area contributed by atoms with Crippen LogP contribution < -0.4 is 19.7 Å². The normalized spacial score (nSPS) is 19.4. The third-order valence-electron chi connectivity index (χ3n) is 6.03. The summed E-state index contributed by atoms with van der Waals surface area (Å²) >= 11 is 0. The molecule has 2 fully saturated rings. The minimum atomic E-state index is -0.543. The van der Waals surface area contributed by atoms with Crippen LogP contribution in [0.4, 0.5) is 5.69 Å². The van der Waals surface area contributed by atoms with E-state index < -0.39 is 6.04 Å². The van der Waals surface area contributed by atoms with E-state index in [0.717, 1.165) is 12.8 Å². The fourth-order valence-electron chi connectivity index (χ4n) is 4.21. The number of carbonyl (C=O) groups is 3. The molecule has 0 aliphatic carbocycles. The van der Waals surface area contributed by atoms with Crippen molar-refractivity contribution in [3.8, 4) is 11.5 Å². The molecule has 2 aliphatic rings. The van der Waals surface area contributed by atoms with Crippen LogP contribution in [0.15, 0.2) is 48.5 Å². The summed E-state index contributed by atoms with van der Waals surface area (Å²) in [4.78, 5) is 41.2. The van der Waals surface area contributed by atoms with Crippen LogP contribution in [0.3, 0.4) is 0 Å². The predicted molar refractivity (Wildman–Crippen MR) is 119 cm³/mol. The average molecular weight is 437 g/mol. The van der Waals surface area contributed by atoms with E-state index in [1.807, 2.05) is 4.90 Å². The van der Waals surface area contributed by atoms with E-state index in [1.54, 1.807) is 62.8 Å². The van der Waals surface area contributed by atoms with Gasteiger partial charge in [-0.1, -0.05) is 0 Å². The van der Waals surface area contributed by atoms with Crippen LogP contribution in [-0.4, -0.2) is 62.0 Å². The number of amides is 3. The maximum Gasteiger partial charge on any atom is 0.253 e. The van der Waals surface area contributed by atoms with E-state index in [2.05, 4.69) is 5.32 Å². The summed E-state index contributed by atoms with van der Waals surface area (Å²) in [5.74, 6) is 0.910. The number of rotatable bonds is 6. The fourth-order valence-corrected chi connectivity index (χ4v) is 4.21. The molecule has 168 valence electrons. The van der Waals surface area contributed by atoms with Gasteiger partial charge in [0.25, 0.3) is 11.8 Å². The van der Waals surface area contributed by atoms with Gasteiger partial charge in [-0.25, -0.2) is 4.90 Å². The highest BCUT2D eigenvalue weighted by atomic mass is 16.5. The molecule has 0 bridgehead atoms. The molecule has 1 N–H and O–H groups in total. The summed E-state index contributed by atoms with van der Waals surface area (Å²) in [5.41, 5.74) is 1.17.